The molecule has 0 aliphatic rings. The van der Waals surface area contributed by atoms with Crippen molar-refractivity contribution in [2.45, 2.75) is 6.92 Å². The largest absolute Gasteiger partial charge is 0.493 e. The number of furan rings is 1. The smallest absolute Gasteiger partial charge is 0.344 e. The monoisotopic (exact) mass is 375 g/mol. The van der Waals surface area contributed by atoms with Crippen LogP contribution in [0, 0.1) is 18.3 Å². The number of nitrogens with zero attached hydrogens (tertiary/aromatic N) is 3. The molecule has 0 bridgehead atoms. The summed E-state index contributed by atoms with van der Waals surface area (Å²) in [6.07, 6.45) is 1.51. The first-order valence-corrected chi connectivity index (χ1v) is 8.22. The van der Waals surface area contributed by atoms with Gasteiger partial charge >= 0.3 is 5.97 Å². The number of rotatable bonds is 4. The lowest BCUT2D eigenvalue weighted by Crippen LogP contribution is -2.11. The minimum Gasteiger partial charge on any atom is -0.493 e. The molecule has 28 heavy (non-hydrogen) atoms. The van der Waals surface area contributed by atoms with Crippen molar-refractivity contribution in [2.75, 3.05) is 7.11 Å². The summed E-state index contributed by atoms with van der Waals surface area (Å²) in [6, 6.07) is 11.5. The van der Waals surface area contributed by atoms with Crippen LogP contribution in [0.4, 0.5) is 0 Å². The number of esters is 1. The molecule has 0 spiro atoms. The Morgan fingerprint density at radius 2 is 2.07 bits per heavy atom. The molecule has 0 radical (unpaired) electrons. The third-order valence-corrected chi connectivity index (χ3v) is 4.11. The Kier molecular flexibility index (Phi) is 4.26. The Hall–Kier alpha value is -4.12. The summed E-state index contributed by atoms with van der Waals surface area (Å²) in [5.74, 6) is 0.284. The molecule has 0 aliphatic heterocycles. The third kappa shape index (κ3) is 2.95. The van der Waals surface area contributed by atoms with Crippen LogP contribution < -0.4 is 9.47 Å². The summed E-state index contributed by atoms with van der Waals surface area (Å²) in [7, 11) is 1.43. The summed E-state index contributed by atoms with van der Waals surface area (Å²) in [5, 5.41) is 13.3. The van der Waals surface area contributed by atoms with Gasteiger partial charge in [-0.3, -0.25) is 0 Å². The van der Waals surface area contributed by atoms with Gasteiger partial charge in [0.2, 0.25) is 0 Å². The average molecular weight is 375 g/mol. The van der Waals surface area contributed by atoms with Crippen molar-refractivity contribution in [3.63, 3.8) is 0 Å². The van der Waals surface area contributed by atoms with Gasteiger partial charge in [-0.1, -0.05) is 5.16 Å². The summed E-state index contributed by atoms with van der Waals surface area (Å²) in [6.45, 7) is 1.71. The molecule has 0 fully saturated rings. The number of methoxy groups -OCH3 is 1. The van der Waals surface area contributed by atoms with E-state index < -0.39 is 5.97 Å². The Morgan fingerprint density at radius 3 is 2.79 bits per heavy atom. The second-order valence-electron chi connectivity index (χ2n) is 5.85. The SMILES string of the molecule is COc1cc(C#N)ccc1OC(=O)c1cc(-c2ccco2)nc2onc(C)c12. The molecule has 3 heterocycles. The van der Waals surface area contributed by atoms with Crippen molar-refractivity contribution in [2.24, 2.45) is 0 Å². The van der Waals surface area contributed by atoms with E-state index in [-0.39, 0.29) is 22.8 Å². The first-order chi connectivity index (χ1) is 13.6. The number of ether oxygens (including phenoxy) is 2. The van der Waals surface area contributed by atoms with Crippen molar-refractivity contribution < 1.29 is 23.2 Å². The van der Waals surface area contributed by atoms with Gasteiger partial charge < -0.3 is 18.4 Å². The number of nitriles is 1. The first kappa shape index (κ1) is 17.3. The summed E-state index contributed by atoms with van der Waals surface area (Å²) in [5.41, 5.74) is 1.73. The van der Waals surface area contributed by atoms with E-state index in [4.69, 9.17) is 23.7 Å². The third-order valence-electron chi connectivity index (χ3n) is 4.11. The summed E-state index contributed by atoms with van der Waals surface area (Å²) < 4.78 is 21.3. The molecule has 138 valence electrons. The van der Waals surface area contributed by atoms with E-state index in [1.807, 2.05) is 6.07 Å². The molecule has 0 saturated carbocycles. The minimum atomic E-state index is -0.644. The number of carbonyl (C=O) groups is 1. The zero-order chi connectivity index (χ0) is 19.7. The molecule has 0 unspecified atom stereocenters. The number of fused-ring (bicyclic) bond motifs is 1. The molecule has 3 aromatic heterocycles. The van der Waals surface area contributed by atoms with Crippen LogP contribution in [0.15, 0.2) is 51.6 Å². The standard InChI is InChI=1S/C20H13N3O5/c1-11-18-13(9-14(15-4-3-7-26-15)22-19(18)28-23-11)20(24)27-16-6-5-12(10-21)8-17(16)25-2/h3-9H,1-2H3. The molecule has 0 saturated heterocycles. The molecule has 0 amide bonds. The van der Waals surface area contributed by atoms with Gasteiger partial charge in [-0.25, -0.2) is 9.78 Å². The van der Waals surface area contributed by atoms with Crippen molar-refractivity contribution in [1.29, 1.82) is 5.26 Å². The summed E-state index contributed by atoms with van der Waals surface area (Å²) >= 11 is 0. The predicted molar refractivity (Wildman–Crippen MR) is 96.9 cm³/mol. The van der Waals surface area contributed by atoms with E-state index >= 15 is 0 Å². The number of benzene rings is 1. The Labute approximate surface area is 158 Å². The van der Waals surface area contributed by atoms with Crippen molar-refractivity contribution in [3.8, 4) is 29.0 Å². The van der Waals surface area contributed by atoms with Gasteiger partial charge in [0.25, 0.3) is 5.71 Å². The fourth-order valence-corrected chi connectivity index (χ4v) is 2.78. The van der Waals surface area contributed by atoms with Crippen LogP contribution in [0.5, 0.6) is 11.5 Å². The topological polar surface area (TPSA) is 111 Å². The molecule has 4 rings (SSSR count). The van der Waals surface area contributed by atoms with E-state index in [0.717, 1.165) is 0 Å². The van der Waals surface area contributed by atoms with Gasteiger partial charge in [-0.2, -0.15) is 5.26 Å². The molecule has 8 heteroatoms. The number of hydrogen-bond acceptors (Lipinski definition) is 8. The zero-order valence-corrected chi connectivity index (χ0v) is 14.9. The second-order valence-corrected chi connectivity index (χ2v) is 5.85. The van der Waals surface area contributed by atoms with Gasteiger partial charge in [-0.05, 0) is 37.3 Å². The van der Waals surface area contributed by atoms with Crippen LogP contribution in [0.25, 0.3) is 22.6 Å². The molecular weight excluding hydrogens is 362 g/mol. The second kappa shape index (κ2) is 6.89. The Bertz CT molecular complexity index is 1220. The van der Waals surface area contributed by atoms with Crippen LogP contribution >= 0.6 is 0 Å². The highest BCUT2D eigenvalue weighted by molar-refractivity contribution is 6.05. The predicted octanol–water partition coefficient (Wildman–Crippen LogP) is 3.89. The van der Waals surface area contributed by atoms with E-state index in [1.54, 1.807) is 25.1 Å². The molecule has 1 aromatic carbocycles. The zero-order valence-electron chi connectivity index (χ0n) is 14.9. The maximum atomic E-state index is 13.0. The van der Waals surface area contributed by atoms with Crippen LogP contribution in [-0.2, 0) is 0 Å². The Balaban J connectivity index is 1.79. The van der Waals surface area contributed by atoms with Crippen LogP contribution in [0.2, 0.25) is 0 Å². The fraction of sp³-hybridized carbons (Fsp3) is 0.100. The molecule has 0 aliphatic carbocycles. The van der Waals surface area contributed by atoms with Gasteiger partial charge in [0.1, 0.15) is 5.69 Å². The van der Waals surface area contributed by atoms with E-state index in [1.165, 1.54) is 31.6 Å². The van der Waals surface area contributed by atoms with Crippen LogP contribution in [0.3, 0.4) is 0 Å². The molecule has 4 aromatic rings. The van der Waals surface area contributed by atoms with Crippen LogP contribution in [0.1, 0.15) is 21.6 Å². The highest BCUT2D eigenvalue weighted by Crippen LogP contribution is 2.31. The van der Waals surface area contributed by atoms with E-state index in [2.05, 4.69) is 10.1 Å². The fourth-order valence-electron chi connectivity index (χ4n) is 2.78. The number of hydrogen-bond donors (Lipinski definition) is 0. The normalized spacial score (nSPS) is 10.6. The molecule has 0 atom stereocenters. The van der Waals surface area contributed by atoms with Crippen molar-refractivity contribution >= 4 is 17.1 Å². The number of carbonyl (C=O) groups excluding carboxylic acids is 1. The molecule has 8 nitrogen and oxygen atoms in total. The van der Waals surface area contributed by atoms with E-state index in [0.29, 0.717) is 28.1 Å². The van der Waals surface area contributed by atoms with Crippen LogP contribution in [-0.4, -0.2) is 23.2 Å². The van der Waals surface area contributed by atoms with Gasteiger partial charge in [0.05, 0.1) is 41.6 Å². The highest BCUT2D eigenvalue weighted by atomic mass is 16.6. The summed E-state index contributed by atoms with van der Waals surface area (Å²) in [4.78, 5) is 17.3. The lowest BCUT2D eigenvalue weighted by Gasteiger charge is -2.10. The lowest BCUT2D eigenvalue weighted by molar-refractivity contribution is 0.0731. The first-order valence-electron chi connectivity index (χ1n) is 8.22. The van der Waals surface area contributed by atoms with Crippen molar-refractivity contribution in [1.82, 2.24) is 10.1 Å². The molecule has 0 N–H and O–H groups in total. The maximum absolute atomic E-state index is 13.0. The van der Waals surface area contributed by atoms with Gasteiger partial charge in [0, 0.05) is 6.07 Å². The highest BCUT2D eigenvalue weighted by Gasteiger charge is 2.22. The minimum absolute atomic E-state index is 0.185. The number of aryl methyl sites for hydroxylation is 1. The lowest BCUT2D eigenvalue weighted by atomic mass is 10.1. The van der Waals surface area contributed by atoms with E-state index in [9.17, 15) is 4.79 Å². The average Bonchev–Trinajstić information content (AvgIpc) is 3.38. The van der Waals surface area contributed by atoms with Gasteiger partial charge in [0.15, 0.2) is 17.3 Å². The van der Waals surface area contributed by atoms with Crippen molar-refractivity contribution in [3.05, 3.63) is 59.5 Å². The molecular formula is C20H13N3O5. The van der Waals surface area contributed by atoms with Gasteiger partial charge in [-0.15, -0.1) is 0 Å². The maximum Gasteiger partial charge on any atom is 0.344 e. The number of pyridine rings is 1. The quantitative estimate of drug-likeness (QED) is 0.390. The Morgan fingerprint density at radius 1 is 1.21 bits per heavy atom. The number of aromatic nitrogens is 2.